The average Bonchev–Trinajstić information content (AvgIpc) is 2.52. The van der Waals surface area contributed by atoms with E-state index in [-0.39, 0.29) is 12.0 Å². The Morgan fingerprint density at radius 1 is 1.22 bits per heavy atom. The molecule has 6 heteroatoms. The van der Waals surface area contributed by atoms with Gasteiger partial charge in [0.2, 0.25) is 11.8 Å². The van der Waals surface area contributed by atoms with Gasteiger partial charge in [0.25, 0.3) is 0 Å². The van der Waals surface area contributed by atoms with Crippen LogP contribution in [-0.4, -0.2) is 11.8 Å². The number of alkyl halides is 3. The Balaban J connectivity index is 2.59. The van der Waals surface area contributed by atoms with Gasteiger partial charge in [0.05, 0.1) is 11.0 Å². The van der Waals surface area contributed by atoms with Crippen LogP contribution in [0, 0.1) is 0 Å². The average molecular weight is 257 g/mol. The van der Waals surface area contributed by atoms with E-state index in [0.717, 1.165) is 6.07 Å². The molecule has 3 nitrogen and oxygen atoms in total. The number of rotatable bonds is 1. The summed E-state index contributed by atoms with van der Waals surface area (Å²) in [6, 6.07) is 4.83. The van der Waals surface area contributed by atoms with E-state index in [1.54, 1.807) is 0 Å². The number of halogens is 3. The van der Waals surface area contributed by atoms with Crippen LogP contribution in [0.1, 0.15) is 24.5 Å². The first-order valence-electron chi connectivity index (χ1n) is 5.26. The molecule has 1 heterocycles. The second kappa shape index (κ2) is 3.83. The highest BCUT2D eigenvalue weighted by Gasteiger charge is 2.48. The quantitative estimate of drug-likeness (QED) is 0.782. The fraction of sp³-hybridized carbons (Fsp3) is 0.333. The van der Waals surface area contributed by atoms with Gasteiger partial charge in [0.15, 0.2) is 0 Å². The van der Waals surface area contributed by atoms with E-state index in [1.807, 2.05) is 5.32 Å². The summed E-state index contributed by atoms with van der Waals surface area (Å²) in [6.45, 7) is 1.35. The van der Waals surface area contributed by atoms with Crippen molar-refractivity contribution in [2.75, 3.05) is 0 Å². The highest BCUT2D eigenvalue weighted by molar-refractivity contribution is 6.08. The lowest BCUT2D eigenvalue weighted by molar-refractivity contribution is -0.139. The van der Waals surface area contributed by atoms with Crippen LogP contribution in [-0.2, 0) is 21.2 Å². The van der Waals surface area contributed by atoms with E-state index in [4.69, 9.17) is 0 Å². The number of carbonyl (C=O) groups excluding carboxylic acids is 2. The lowest BCUT2D eigenvalue weighted by Crippen LogP contribution is -2.34. The van der Waals surface area contributed by atoms with Crippen LogP contribution in [0.15, 0.2) is 24.3 Å². The molecule has 1 saturated heterocycles. The predicted octanol–water partition coefficient (Wildman–Crippen LogP) is 2.01. The summed E-state index contributed by atoms with van der Waals surface area (Å²) in [5.74, 6) is -1.25. The number of hydrogen-bond acceptors (Lipinski definition) is 2. The number of hydrogen-bond donors (Lipinski definition) is 1. The molecule has 1 unspecified atom stereocenters. The Morgan fingerprint density at radius 3 is 2.33 bits per heavy atom. The van der Waals surface area contributed by atoms with Gasteiger partial charge >= 0.3 is 6.18 Å². The number of nitrogens with one attached hydrogen (secondary N) is 1. The Kier molecular flexibility index (Phi) is 2.68. The molecular weight excluding hydrogens is 247 g/mol. The summed E-state index contributed by atoms with van der Waals surface area (Å²) in [6.07, 6.45) is -4.82. The van der Waals surface area contributed by atoms with Gasteiger partial charge in [-0.15, -0.1) is 0 Å². The minimum Gasteiger partial charge on any atom is -0.296 e. The van der Waals surface area contributed by atoms with Crippen LogP contribution < -0.4 is 5.32 Å². The van der Waals surface area contributed by atoms with Crippen molar-refractivity contribution in [3.63, 3.8) is 0 Å². The molecule has 1 atom stereocenters. The smallest absolute Gasteiger partial charge is 0.296 e. The third-order valence-electron chi connectivity index (χ3n) is 3.10. The molecule has 1 aliphatic rings. The van der Waals surface area contributed by atoms with E-state index < -0.39 is 29.0 Å². The van der Waals surface area contributed by atoms with Gasteiger partial charge in [0, 0.05) is 6.42 Å². The van der Waals surface area contributed by atoms with Crippen LogP contribution in [0.4, 0.5) is 13.2 Å². The van der Waals surface area contributed by atoms with Crippen molar-refractivity contribution in [1.82, 2.24) is 5.32 Å². The number of carbonyl (C=O) groups is 2. The first-order chi connectivity index (χ1) is 8.25. The van der Waals surface area contributed by atoms with E-state index in [0.29, 0.717) is 0 Å². The Bertz CT molecular complexity index is 524. The fourth-order valence-corrected chi connectivity index (χ4v) is 2.14. The normalized spacial score (nSPS) is 24.2. The maximum absolute atomic E-state index is 12.9. The molecule has 0 aromatic heterocycles. The molecular formula is C12H10F3NO2. The molecule has 0 aliphatic carbocycles. The molecule has 2 amide bonds. The molecule has 0 radical (unpaired) electrons. The van der Waals surface area contributed by atoms with Gasteiger partial charge in [-0.25, -0.2) is 0 Å². The van der Waals surface area contributed by atoms with Crippen LogP contribution in [0.3, 0.4) is 0 Å². The van der Waals surface area contributed by atoms with Crippen molar-refractivity contribution in [3.8, 4) is 0 Å². The van der Waals surface area contributed by atoms with E-state index in [1.165, 1.54) is 25.1 Å². The van der Waals surface area contributed by atoms with Gasteiger partial charge < -0.3 is 0 Å². The summed E-state index contributed by atoms with van der Waals surface area (Å²) in [7, 11) is 0. The molecule has 2 rings (SSSR count). The lowest BCUT2D eigenvalue weighted by atomic mass is 9.78. The minimum absolute atomic E-state index is 0.166. The maximum Gasteiger partial charge on any atom is 0.416 e. The highest BCUT2D eigenvalue weighted by atomic mass is 19.4. The standard InChI is InChI=1S/C12H10F3NO2/c1-11(6-9(17)16-10(11)18)7-4-2-3-5-8(7)12(13,14)15/h2-5H,6H2,1H3,(H,16,17,18). The van der Waals surface area contributed by atoms with E-state index in [9.17, 15) is 22.8 Å². The SMILES string of the molecule is CC1(c2ccccc2C(F)(F)F)CC(=O)NC1=O. The second-order valence-corrected chi connectivity index (χ2v) is 4.43. The number of imide groups is 1. The van der Waals surface area contributed by atoms with Gasteiger partial charge in [-0.1, -0.05) is 18.2 Å². The first-order valence-corrected chi connectivity index (χ1v) is 5.26. The van der Waals surface area contributed by atoms with Crippen LogP contribution in [0.25, 0.3) is 0 Å². The maximum atomic E-state index is 12.9. The second-order valence-electron chi connectivity index (χ2n) is 4.43. The van der Waals surface area contributed by atoms with Gasteiger partial charge in [-0.05, 0) is 18.6 Å². The topological polar surface area (TPSA) is 46.2 Å². The van der Waals surface area contributed by atoms with Crippen molar-refractivity contribution in [3.05, 3.63) is 35.4 Å². The molecule has 96 valence electrons. The number of benzene rings is 1. The van der Waals surface area contributed by atoms with Crippen molar-refractivity contribution in [2.45, 2.75) is 24.9 Å². The van der Waals surface area contributed by atoms with Crippen LogP contribution in [0.2, 0.25) is 0 Å². The molecule has 1 aromatic rings. The minimum atomic E-state index is -4.55. The van der Waals surface area contributed by atoms with Gasteiger partial charge in [-0.3, -0.25) is 14.9 Å². The van der Waals surface area contributed by atoms with Crippen LogP contribution >= 0.6 is 0 Å². The molecule has 0 saturated carbocycles. The molecule has 1 aromatic carbocycles. The zero-order valence-electron chi connectivity index (χ0n) is 9.47. The van der Waals surface area contributed by atoms with Gasteiger partial charge in [-0.2, -0.15) is 13.2 Å². The van der Waals surface area contributed by atoms with E-state index >= 15 is 0 Å². The summed E-state index contributed by atoms with van der Waals surface area (Å²) in [5, 5.41) is 2.04. The Hall–Kier alpha value is -1.85. The Morgan fingerprint density at radius 2 is 1.83 bits per heavy atom. The van der Waals surface area contributed by atoms with Crippen molar-refractivity contribution < 1.29 is 22.8 Å². The van der Waals surface area contributed by atoms with Crippen LogP contribution in [0.5, 0.6) is 0 Å². The summed E-state index contributed by atoms with van der Waals surface area (Å²) >= 11 is 0. The third-order valence-corrected chi connectivity index (χ3v) is 3.10. The van der Waals surface area contributed by atoms with Crippen molar-refractivity contribution >= 4 is 11.8 Å². The Labute approximate surface area is 101 Å². The summed E-state index contributed by atoms with van der Waals surface area (Å²) in [5.41, 5.74) is -2.50. The summed E-state index contributed by atoms with van der Waals surface area (Å²) < 4.78 is 38.6. The zero-order chi connectivity index (χ0) is 13.6. The van der Waals surface area contributed by atoms with Gasteiger partial charge in [0.1, 0.15) is 0 Å². The molecule has 0 bridgehead atoms. The largest absolute Gasteiger partial charge is 0.416 e. The molecule has 1 aliphatic heterocycles. The summed E-state index contributed by atoms with van der Waals surface area (Å²) in [4.78, 5) is 22.9. The molecule has 1 N–H and O–H groups in total. The fourth-order valence-electron chi connectivity index (χ4n) is 2.14. The first kappa shape index (κ1) is 12.6. The molecule has 18 heavy (non-hydrogen) atoms. The predicted molar refractivity (Wildman–Crippen MR) is 56.6 cm³/mol. The monoisotopic (exact) mass is 257 g/mol. The van der Waals surface area contributed by atoms with Crippen molar-refractivity contribution in [2.24, 2.45) is 0 Å². The molecule has 0 spiro atoms. The third kappa shape index (κ3) is 1.87. The van der Waals surface area contributed by atoms with E-state index in [2.05, 4.69) is 0 Å². The van der Waals surface area contributed by atoms with Crippen molar-refractivity contribution in [1.29, 1.82) is 0 Å². The lowest BCUT2D eigenvalue weighted by Gasteiger charge is -2.24. The number of amides is 2. The highest BCUT2D eigenvalue weighted by Crippen LogP contribution is 2.40. The molecule has 1 fully saturated rings. The zero-order valence-corrected chi connectivity index (χ0v) is 9.47.